The predicted octanol–water partition coefficient (Wildman–Crippen LogP) is -5.21. The number of aliphatic hydroxyl groups excluding tert-OH is 1. The SMILES string of the molecule is CCCC[C@H](NC(=O)[C@@H]1CCCN1C(=O)CNC(=O)[C@H](CCCCN)NC(=O)[C@H](Cc1cnc[nH]1)NC(=O)[C@H](CO)NC(=O)[C@H](CC(C)C)NC(=O)[C@H](CCCN=C(N)N)NC(=O)[C@@H]1CCCN1C(=O)[C@H](CCCN=C(N)N)NC(=O)[C@@H]1CCC(=O)N1)C(=O)N1CCC[C@H]1C(=O)N[C@H](C(=O)O)[C@@H](C)CC. The van der Waals surface area contributed by atoms with Gasteiger partial charge in [0, 0.05) is 57.5 Å². The number of nitrogens with one attached hydrogen (secondary N) is 11. The monoisotopic (exact) mass is 1480 g/mol. The van der Waals surface area contributed by atoms with E-state index in [9.17, 15) is 77.3 Å². The molecule has 5 heterocycles. The fourth-order valence-electron chi connectivity index (χ4n) is 13.1. The average Bonchev–Trinajstić information content (AvgIpc) is 1.69. The van der Waals surface area contributed by atoms with Crippen LogP contribution in [0.1, 0.15) is 169 Å². The zero-order valence-electron chi connectivity index (χ0n) is 60.9. The number of carbonyl (C=O) groups excluding carboxylic acids is 13. The second kappa shape index (κ2) is 43.5. The standard InChI is InChI=1S/C67H112N22O16/c1-6-8-16-43(63(102)89-30-15-22-50(89)62(101)86-53(65(104)105)38(5)7-2)82-60(99)48-20-13-28-87(48)52(92)34-76-54(93)40(17-9-10-25-68)79-58(97)46(32-39-33-73-36-77-39)84-59(98)47(35-90)85-57(96)45(31-37(3)4)83-55(94)41(18-11-26-74-66(69)70)80-61(100)49-21-14-29-88(49)64(103)44(19-12-27-75-67(71)72)81-56(95)42-23-24-51(91)78-42/h33,36-38,40-50,53,90H,6-32,34-35,68H2,1-5H3,(H,73,77)(H,76,93)(H,78,91)(H,79,97)(H,80,100)(H,81,95)(H,82,99)(H,83,94)(H,84,98)(H,85,96)(H,86,101)(H,104,105)(H4,69,70,74)(H4,71,72,75)/t38-,40-,41-,42-,43-,44-,45-,46-,47-,48-,49-,50-,53-/m0/s1. The molecule has 0 spiro atoms. The molecule has 0 aliphatic carbocycles. The summed E-state index contributed by atoms with van der Waals surface area (Å²) in [7, 11) is 0. The third kappa shape index (κ3) is 27.0. The highest BCUT2D eigenvalue weighted by molar-refractivity contribution is 6.00. The minimum absolute atomic E-state index is 0.00000939. The molecule has 586 valence electrons. The van der Waals surface area contributed by atoms with Crippen LogP contribution in [0, 0.1) is 11.8 Å². The third-order valence-electron chi connectivity index (χ3n) is 19.0. The average molecular weight is 1480 g/mol. The molecule has 5 rings (SSSR count). The lowest BCUT2D eigenvalue weighted by atomic mass is 9.98. The fourth-order valence-corrected chi connectivity index (χ4v) is 13.1. The van der Waals surface area contributed by atoms with Gasteiger partial charge in [0.1, 0.15) is 72.5 Å². The van der Waals surface area contributed by atoms with Crippen LogP contribution in [0.5, 0.6) is 0 Å². The van der Waals surface area contributed by atoms with E-state index >= 15 is 0 Å². The van der Waals surface area contributed by atoms with Crippen molar-refractivity contribution in [2.75, 3.05) is 52.4 Å². The van der Waals surface area contributed by atoms with E-state index in [1.807, 2.05) is 6.92 Å². The lowest BCUT2D eigenvalue weighted by molar-refractivity contribution is -0.146. The summed E-state index contributed by atoms with van der Waals surface area (Å²) >= 11 is 0. The van der Waals surface area contributed by atoms with Crippen molar-refractivity contribution in [3.8, 4) is 0 Å². The van der Waals surface area contributed by atoms with E-state index in [0.29, 0.717) is 57.1 Å². The normalized spacial score (nSPS) is 19.5. The number of aliphatic imine (C=N–C) groups is 2. The van der Waals surface area contributed by atoms with Gasteiger partial charge in [-0.25, -0.2) is 9.78 Å². The van der Waals surface area contributed by atoms with Crippen LogP contribution < -0.4 is 81.8 Å². The first-order valence-electron chi connectivity index (χ1n) is 36.5. The van der Waals surface area contributed by atoms with Crippen molar-refractivity contribution >= 4 is 94.7 Å². The van der Waals surface area contributed by atoms with E-state index in [2.05, 4.69) is 73.1 Å². The number of aliphatic carboxylic acids is 1. The molecule has 4 aliphatic heterocycles. The van der Waals surface area contributed by atoms with E-state index in [4.69, 9.17) is 28.7 Å². The number of aromatic nitrogens is 2. The summed E-state index contributed by atoms with van der Waals surface area (Å²) in [5.41, 5.74) is 28.3. The number of aliphatic hydroxyl groups is 1. The molecule has 0 aromatic carbocycles. The minimum atomic E-state index is -1.77. The maximum absolute atomic E-state index is 14.5. The van der Waals surface area contributed by atoms with Crippen LogP contribution >= 0.6 is 0 Å². The van der Waals surface area contributed by atoms with Crippen LogP contribution in [0.25, 0.3) is 0 Å². The van der Waals surface area contributed by atoms with Gasteiger partial charge in [0.05, 0.1) is 19.5 Å². The van der Waals surface area contributed by atoms with Crippen LogP contribution in [0.4, 0.5) is 0 Å². The molecule has 0 bridgehead atoms. The zero-order valence-corrected chi connectivity index (χ0v) is 60.9. The number of likely N-dealkylation sites (tertiary alicyclic amines) is 3. The Bertz CT molecular complexity index is 3200. The van der Waals surface area contributed by atoms with Crippen LogP contribution in [-0.2, 0) is 73.5 Å². The van der Waals surface area contributed by atoms with Gasteiger partial charge in [0.25, 0.3) is 0 Å². The maximum Gasteiger partial charge on any atom is 0.326 e. The summed E-state index contributed by atoms with van der Waals surface area (Å²) in [6.07, 6.45) is 7.60. The summed E-state index contributed by atoms with van der Waals surface area (Å²) in [5.74, 6) is -11.6. The molecule has 1 aromatic rings. The first kappa shape index (κ1) is 85.9. The smallest absolute Gasteiger partial charge is 0.326 e. The van der Waals surface area contributed by atoms with Gasteiger partial charge in [0.15, 0.2) is 11.9 Å². The molecular weight excluding hydrogens is 1370 g/mol. The van der Waals surface area contributed by atoms with Crippen LogP contribution in [0.2, 0.25) is 0 Å². The number of guanidine groups is 2. The molecule has 105 heavy (non-hydrogen) atoms. The van der Waals surface area contributed by atoms with Gasteiger partial charge in [-0.3, -0.25) is 72.3 Å². The number of hydrogen-bond donors (Lipinski definition) is 18. The van der Waals surface area contributed by atoms with E-state index in [-0.39, 0.29) is 152 Å². The second-order valence-corrected chi connectivity index (χ2v) is 27.6. The molecule has 0 unspecified atom stereocenters. The molecule has 4 saturated heterocycles. The van der Waals surface area contributed by atoms with Crippen molar-refractivity contribution in [1.82, 2.24) is 77.8 Å². The predicted molar refractivity (Wildman–Crippen MR) is 382 cm³/mol. The highest BCUT2D eigenvalue weighted by atomic mass is 16.4. The second-order valence-electron chi connectivity index (χ2n) is 27.6. The largest absolute Gasteiger partial charge is 0.480 e. The summed E-state index contributed by atoms with van der Waals surface area (Å²) in [5, 5.41) is 46.9. The molecule has 4 aliphatic rings. The first-order chi connectivity index (χ1) is 50.0. The summed E-state index contributed by atoms with van der Waals surface area (Å²) in [6, 6.07) is -14.9. The van der Waals surface area contributed by atoms with Crippen LogP contribution in [-0.4, -0.2) is 254 Å². The Kier molecular flexibility index (Phi) is 35.6. The lowest BCUT2D eigenvalue weighted by Gasteiger charge is -2.31. The van der Waals surface area contributed by atoms with E-state index in [1.165, 1.54) is 27.2 Å². The number of carboxylic acid groups (broad SMARTS) is 1. The number of carbonyl (C=O) groups is 14. The summed E-state index contributed by atoms with van der Waals surface area (Å²) in [4.78, 5) is 213. The number of amides is 13. The number of hydrogen-bond acceptors (Lipinski definition) is 19. The van der Waals surface area contributed by atoms with Gasteiger partial charge in [-0.15, -0.1) is 0 Å². The Morgan fingerprint density at radius 1 is 0.581 bits per heavy atom. The van der Waals surface area contributed by atoms with Crippen molar-refractivity contribution in [3.05, 3.63) is 18.2 Å². The molecular formula is C67H112N22O16. The van der Waals surface area contributed by atoms with Crippen molar-refractivity contribution in [3.63, 3.8) is 0 Å². The Balaban J connectivity index is 1.27. The van der Waals surface area contributed by atoms with E-state index in [0.717, 1.165) is 0 Å². The number of rotatable bonds is 44. The summed E-state index contributed by atoms with van der Waals surface area (Å²) < 4.78 is 0. The van der Waals surface area contributed by atoms with Crippen molar-refractivity contribution in [2.45, 2.75) is 242 Å². The Morgan fingerprint density at radius 2 is 1.06 bits per heavy atom. The van der Waals surface area contributed by atoms with Gasteiger partial charge in [-0.1, -0.05) is 53.9 Å². The summed E-state index contributed by atoms with van der Waals surface area (Å²) in [6.45, 7) is 8.05. The Hall–Kier alpha value is -9.75. The van der Waals surface area contributed by atoms with Gasteiger partial charge < -0.3 is 112 Å². The molecule has 23 N–H and O–H groups in total. The molecule has 13 amide bonds. The lowest BCUT2D eigenvalue weighted by Crippen LogP contribution is -2.61. The van der Waals surface area contributed by atoms with E-state index in [1.54, 1.807) is 27.7 Å². The van der Waals surface area contributed by atoms with E-state index < -0.39 is 163 Å². The number of H-pyrrole nitrogens is 1. The number of nitrogens with two attached hydrogens (primary N) is 5. The quantitative estimate of drug-likeness (QED) is 0.0165. The number of imidazole rings is 1. The minimum Gasteiger partial charge on any atom is -0.480 e. The van der Waals surface area contributed by atoms with Gasteiger partial charge in [-0.05, 0) is 121 Å². The van der Waals surface area contributed by atoms with Crippen LogP contribution in [0.15, 0.2) is 22.5 Å². The number of carboxylic acids is 1. The highest BCUT2D eigenvalue weighted by Gasteiger charge is 2.44. The topological polar surface area (TPSA) is 593 Å². The molecule has 38 nitrogen and oxygen atoms in total. The molecule has 0 radical (unpaired) electrons. The molecule has 38 heteroatoms. The van der Waals surface area contributed by atoms with Gasteiger partial charge >= 0.3 is 5.97 Å². The van der Waals surface area contributed by atoms with Crippen molar-refractivity contribution < 1.29 is 77.3 Å². The molecule has 1 aromatic heterocycles. The van der Waals surface area contributed by atoms with Crippen molar-refractivity contribution in [2.24, 2.45) is 50.5 Å². The Morgan fingerprint density at radius 3 is 1.57 bits per heavy atom. The molecule has 13 atom stereocenters. The number of nitrogens with zero attached hydrogens (tertiary/aromatic N) is 6. The fraction of sp³-hybridized carbons (Fsp3) is 0.716. The first-order valence-corrected chi connectivity index (χ1v) is 36.5. The van der Waals surface area contributed by atoms with Crippen LogP contribution in [0.3, 0.4) is 0 Å². The highest BCUT2D eigenvalue weighted by Crippen LogP contribution is 2.25. The molecule has 0 saturated carbocycles. The zero-order chi connectivity index (χ0) is 77.4. The molecule has 4 fully saturated rings. The number of unbranched alkanes of at least 4 members (excludes halogenated alkanes) is 2. The van der Waals surface area contributed by atoms with Gasteiger partial charge in [-0.2, -0.15) is 0 Å². The maximum atomic E-state index is 14.5. The Labute approximate surface area is 610 Å². The number of aromatic amines is 1. The third-order valence-corrected chi connectivity index (χ3v) is 19.0. The van der Waals surface area contributed by atoms with Crippen molar-refractivity contribution in [1.29, 1.82) is 0 Å². The van der Waals surface area contributed by atoms with Gasteiger partial charge in [0.2, 0.25) is 76.8 Å².